The minimum absolute atomic E-state index is 0.312. The van der Waals surface area contributed by atoms with Gasteiger partial charge in [-0.25, -0.2) is 9.50 Å². The summed E-state index contributed by atoms with van der Waals surface area (Å²) in [5.74, 6) is 0.312. The van der Waals surface area contributed by atoms with Crippen molar-refractivity contribution in [3.05, 3.63) is 24.3 Å². The lowest BCUT2D eigenvalue weighted by atomic mass is 10.0. The molecule has 0 unspecified atom stereocenters. The second-order valence-electron chi connectivity index (χ2n) is 3.74. The van der Waals surface area contributed by atoms with E-state index < -0.39 is 0 Å². The van der Waals surface area contributed by atoms with Crippen LogP contribution in [0.4, 0.5) is 5.69 Å². The first-order valence-electron chi connectivity index (χ1n) is 5.00. The van der Waals surface area contributed by atoms with Crippen LogP contribution in [0.3, 0.4) is 0 Å². The molecule has 2 rings (SSSR count). The first-order valence-corrected chi connectivity index (χ1v) is 5.00. The molecule has 0 saturated carbocycles. The van der Waals surface area contributed by atoms with Crippen molar-refractivity contribution < 1.29 is 4.79 Å². The van der Waals surface area contributed by atoms with Crippen molar-refractivity contribution in [3.63, 3.8) is 0 Å². The number of hydrogen-bond donors (Lipinski definition) is 2. The molecular formula is C10H13N5O. The van der Waals surface area contributed by atoms with Gasteiger partial charge in [0, 0.05) is 5.56 Å². The third kappa shape index (κ3) is 1.69. The topological polar surface area (TPSA) is 71.3 Å². The third-order valence-electron chi connectivity index (χ3n) is 2.35. The van der Waals surface area contributed by atoms with Gasteiger partial charge in [0.2, 0.25) is 6.41 Å². The van der Waals surface area contributed by atoms with E-state index in [0.717, 1.165) is 16.8 Å². The summed E-state index contributed by atoms with van der Waals surface area (Å²) in [6, 6.07) is 0. The monoisotopic (exact) mass is 219 g/mol. The summed E-state index contributed by atoms with van der Waals surface area (Å²) in [6.45, 7) is 4.16. The number of carbonyl (C=O) groups is 1. The molecule has 0 radical (unpaired) electrons. The molecular weight excluding hydrogens is 206 g/mol. The Hall–Kier alpha value is -2.11. The van der Waals surface area contributed by atoms with E-state index in [-0.39, 0.29) is 0 Å². The number of aromatic nitrogens is 3. The summed E-state index contributed by atoms with van der Waals surface area (Å²) in [7, 11) is 0. The van der Waals surface area contributed by atoms with E-state index in [1.165, 1.54) is 6.33 Å². The van der Waals surface area contributed by atoms with Gasteiger partial charge in [-0.2, -0.15) is 5.10 Å². The molecule has 2 N–H and O–H groups in total. The van der Waals surface area contributed by atoms with Crippen LogP contribution in [0.15, 0.2) is 18.7 Å². The largest absolute Gasteiger partial charge is 0.297 e. The average Bonchev–Trinajstić information content (AvgIpc) is 2.64. The van der Waals surface area contributed by atoms with Crippen molar-refractivity contribution in [2.24, 2.45) is 0 Å². The maximum atomic E-state index is 10.3. The molecule has 0 aliphatic rings. The van der Waals surface area contributed by atoms with Gasteiger partial charge in [0.25, 0.3) is 0 Å². The summed E-state index contributed by atoms with van der Waals surface area (Å²) >= 11 is 0. The Morgan fingerprint density at radius 3 is 3.00 bits per heavy atom. The number of rotatable bonds is 4. The molecule has 0 saturated heterocycles. The predicted octanol–water partition coefficient (Wildman–Crippen LogP) is 0.926. The second kappa shape index (κ2) is 4.18. The minimum atomic E-state index is 0.312. The molecule has 6 nitrogen and oxygen atoms in total. The number of anilines is 1. The molecule has 0 bridgehead atoms. The molecule has 1 amide bonds. The zero-order chi connectivity index (χ0) is 11.5. The minimum Gasteiger partial charge on any atom is -0.297 e. The van der Waals surface area contributed by atoms with Crippen LogP contribution < -0.4 is 10.9 Å². The van der Waals surface area contributed by atoms with Crippen molar-refractivity contribution in [3.8, 4) is 0 Å². The van der Waals surface area contributed by atoms with E-state index >= 15 is 0 Å². The Morgan fingerprint density at radius 1 is 1.50 bits per heavy atom. The number of nitrogens with zero attached hydrogens (tertiary/aromatic N) is 3. The fourth-order valence-corrected chi connectivity index (χ4v) is 1.75. The van der Waals surface area contributed by atoms with Gasteiger partial charge in [-0.1, -0.05) is 13.8 Å². The molecule has 84 valence electrons. The van der Waals surface area contributed by atoms with Crippen molar-refractivity contribution in [1.82, 2.24) is 20.0 Å². The number of hydrazine groups is 1. The quantitative estimate of drug-likeness (QED) is 0.592. The van der Waals surface area contributed by atoms with E-state index in [9.17, 15) is 4.79 Å². The van der Waals surface area contributed by atoms with Crippen LogP contribution in [-0.2, 0) is 4.79 Å². The third-order valence-corrected chi connectivity index (χ3v) is 2.35. The summed E-state index contributed by atoms with van der Waals surface area (Å²) in [5.41, 5.74) is 8.11. The normalized spacial score (nSPS) is 10.7. The van der Waals surface area contributed by atoms with Crippen LogP contribution in [-0.4, -0.2) is 21.0 Å². The Labute approximate surface area is 92.6 Å². The highest BCUT2D eigenvalue weighted by Gasteiger charge is 2.14. The number of carbonyl (C=O) groups excluding carboxylic acids is 1. The van der Waals surface area contributed by atoms with Crippen molar-refractivity contribution in [2.45, 2.75) is 19.8 Å². The molecule has 0 aromatic carbocycles. The van der Waals surface area contributed by atoms with Gasteiger partial charge in [-0.3, -0.25) is 15.6 Å². The molecule has 2 aromatic heterocycles. The molecule has 2 aromatic rings. The zero-order valence-corrected chi connectivity index (χ0v) is 9.14. The number of nitrogens with one attached hydrogen (secondary N) is 2. The van der Waals surface area contributed by atoms with Crippen LogP contribution in [0, 0.1) is 0 Å². The standard InChI is InChI=1S/C10H13N5O/c1-7(2)10-8(14-12-6-16)4-15-9(10)3-11-5-13-15/h3-7,14H,1-2H3,(H,12,16). The zero-order valence-electron chi connectivity index (χ0n) is 9.14. The fraction of sp³-hybridized carbons (Fsp3) is 0.300. The van der Waals surface area contributed by atoms with Crippen LogP contribution >= 0.6 is 0 Å². The molecule has 0 spiro atoms. The first-order chi connectivity index (χ1) is 7.74. The second-order valence-corrected chi connectivity index (χ2v) is 3.74. The Bertz CT molecular complexity index is 505. The van der Waals surface area contributed by atoms with E-state index in [2.05, 4.69) is 34.8 Å². The molecule has 0 aliphatic carbocycles. The van der Waals surface area contributed by atoms with E-state index in [4.69, 9.17) is 0 Å². The first kappa shape index (κ1) is 10.4. The van der Waals surface area contributed by atoms with Crippen LogP contribution in [0.2, 0.25) is 0 Å². The van der Waals surface area contributed by atoms with Gasteiger partial charge in [0.1, 0.15) is 6.33 Å². The van der Waals surface area contributed by atoms with Crippen LogP contribution in [0.1, 0.15) is 25.3 Å². The van der Waals surface area contributed by atoms with Crippen LogP contribution in [0.25, 0.3) is 5.52 Å². The highest BCUT2D eigenvalue weighted by atomic mass is 16.1. The molecule has 6 heteroatoms. The predicted molar refractivity (Wildman–Crippen MR) is 59.9 cm³/mol. The molecule has 0 fully saturated rings. The Balaban J connectivity index is 2.54. The van der Waals surface area contributed by atoms with Crippen molar-refractivity contribution in [1.29, 1.82) is 0 Å². The van der Waals surface area contributed by atoms with Crippen molar-refractivity contribution >= 4 is 17.6 Å². The summed E-state index contributed by atoms with van der Waals surface area (Å²) in [4.78, 5) is 14.3. The summed E-state index contributed by atoms with van der Waals surface area (Å²) in [5, 5.41) is 4.10. The van der Waals surface area contributed by atoms with Gasteiger partial charge < -0.3 is 0 Å². The smallest absolute Gasteiger partial charge is 0.225 e. The van der Waals surface area contributed by atoms with E-state index in [1.54, 1.807) is 10.7 Å². The highest BCUT2D eigenvalue weighted by molar-refractivity contribution is 5.70. The lowest BCUT2D eigenvalue weighted by Gasteiger charge is -2.08. The van der Waals surface area contributed by atoms with Crippen molar-refractivity contribution in [2.75, 3.05) is 5.43 Å². The highest BCUT2D eigenvalue weighted by Crippen LogP contribution is 2.28. The maximum absolute atomic E-state index is 10.3. The number of amides is 1. The number of hydrogen-bond acceptors (Lipinski definition) is 4. The van der Waals surface area contributed by atoms with Crippen LogP contribution in [0.5, 0.6) is 0 Å². The van der Waals surface area contributed by atoms with E-state index in [0.29, 0.717) is 12.3 Å². The lowest BCUT2D eigenvalue weighted by molar-refractivity contribution is -0.109. The molecule has 16 heavy (non-hydrogen) atoms. The van der Waals surface area contributed by atoms with Gasteiger partial charge in [0.15, 0.2) is 0 Å². The van der Waals surface area contributed by atoms with E-state index in [1.807, 2.05) is 6.20 Å². The van der Waals surface area contributed by atoms with Gasteiger partial charge in [-0.05, 0) is 5.92 Å². The Kier molecular flexibility index (Phi) is 2.72. The average molecular weight is 219 g/mol. The maximum Gasteiger partial charge on any atom is 0.225 e. The molecule has 0 aliphatic heterocycles. The Morgan fingerprint density at radius 2 is 2.31 bits per heavy atom. The fourth-order valence-electron chi connectivity index (χ4n) is 1.75. The van der Waals surface area contributed by atoms with Gasteiger partial charge in [-0.15, -0.1) is 0 Å². The summed E-state index contributed by atoms with van der Waals surface area (Å²) < 4.78 is 1.73. The SMILES string of the molecule is CC(C)c1c(NNC=O)cn2ncncc12. The summed E-state index contributed by atoms with van der Waals surface area (Å²) in [6.07, 6.45) is 5.66. The molecule has 2 heterocycles. The number of fused-ring (bicyclic) bond motifs is 1. The van der Waals surface area contributed by atoms with Gasteiger partial charge >= 0.3 is 0 Å². The van der Waals surface area contributed by atoms with Gasteiger partial charge in [0.05, 0.1) is 23.6 Å². The molecule has 0 atom stereocenters. The lowest BCUT2D eigenvalue weighted by Crippen LogP contribution is -2.19.